The highest BCUT2D eigenvalue weighted by atomic mass is 16.1. The molecule has 0 radical (unpaired) electrons. The van der Waals surface area contributed by atoms with Gasteiger partial charge in [-0.25, -0.2) is 0 Å². The van der Waals surface area contributed by atoms with Gasteiger partial charge >= 0.3 is 0 Å². The van der Waals surface area contributed by atoms with Gasteiger partial charge in [0, 0.05) is 50.2 Å². The van der Waals surface area contributed by atoms with E-state index in [9.17, 15) is 4.79 Å². The predicted molar refractivity (Wildman–Crippen MR) is 100 cm³/mol. The van der Waals surface area contributed by atoms with Crippen LogP contribution >= 0.6 is 0 Å². The summed E-state index contributed by atoms with van der Waals surface area (Å²) in [5.41, 5.74) is 2.04. The van der Waals surface area contributed by atoms with Crippen molar-refractivity contribution in [2.24, 2.45) is 5.92 Å². The summed E-state index contributed by atoms with van der Waals surface area (Å²) in [6, 6.07) is 8.14. The molecule has 4 nitrogen and oxygen atoms in total. The van der Waals surface area contributed by atoms with Crippen LogP contribution in [0.1, 0.15) is 19.8 Å². The Labute approximate surface area is 144 Å². The molecule has 2 fully saturated rings. The van der Waals surface area contributed by atoms with Crippen LogP contribution in [0.2, 0.25) is 0 Å². The fourth-order valence-corrected chi connectivity index (χ4v) is 3.07. The van der Waals surface area contributed by atoms with Crippen LogP contribution in [0.3, 0.4) is 0 Å². The van der Waals surface area contributed by atoms with Gasteiger partial charge in [0.05, 0.1) is 0 Å². The van der Waals surface area contributed by atoms with Gasteiger partial charge in [0.25, 0.3) is 0 Å². The molecule has 1 aromatic carbocycles. The minimum atomic E-state index is -0.0977. The van der Waals surface area contributed by atoms with Crippen LogP contribution < -0.4 is 10.2 Å². The number of hydrogen-bond acceptors (Lipinski definition) is 3. The third kappa shape index (κ3) is 4.96. The predicted octanol–water partition coefficient (Wildman–Crippen LogP) is 3.29. The number of anilines is 2. The summed E-state index contributed by atoms with van der Waals surface area (Å²) in [6.07, 6.45) is 9.88. The zero-order valence-corrected chi connectivity index (χ0v) is 14.4. The Bertz CT molecular complexity index is 611. The van der Waals surface area contributed by atoms with Gasteiger partial charge < -0.3 is 10.2 Å². The molecule has 0 unspecified atom stereocenters. The van der Waals surface area contributed by atoms with Gasteiger partial charge in [0.2, 0.25) is 5.91 Å². The number of amides is 1. The zero-order chi connectivity index (χ0) is 16.8. The molecule has 0 bridgehead atoms. The first-order chi connectivity index (χ1) is 11.7. The lowest BCUT2D eigenvalue weighted by molar-refractivity contribution is -0.111. The van der Waals surface area contributed by atoms with Crippen molar-refractivity contribution in [3.05, 3.63) is 48.6 Å². The average Bonchev–Trinajstić information content (AvgIpc) is 3.40. The van der Waals surface area contributed by atoms with Gasteiger partial charge in [-0.1, -0.05) is 24.3 Å². The number of nitrogens with zero attached hydrogens (tertiary/aromatic N) is 2. The van der Waals surface area contributed by atoms with Crippen molar-refractivity contribution in [2.45, 2.75) is 19.8 Å². The molecule has 0 atom stereocenters. The summed E-state index contributed by atoms with van der Waals surface area (Å²) in [7, 11) is 0. The maximum absolute atomic E-state index is 11.9. The Morgan fingerprint density at radius 3 is 2.71 bits per heavy atom. The molecule has 1 heterocycles. The maximum atomic E-state index is 11.9. The van der Waals surface area contributed by atoms with Crippen LogP contribution in [-0.2, 0) is 4.79 Å². The summed E-state index contributed by atoms with van der Waals surface area (Å²) < 4.78 is 0. The summed E-state index contributed by atoms with van der Waals surface area (Å²) in [6.45, 7) is 7.60. The van der Waals surface area contributed by atoms with E-state index < -0.39 is 0 Å². The van der Waals surface area contributed by atoms with Crippen LogP contribution in [0.15, 0.2) is 48.6 Å². The molecule has 0 aromatic heterocycles. The summed E-state index contributed by atoms with van der Waals surface area (Å²) in [4.78, 5) is 16.9. The van der Waals surface area contributed by atoms with Crippen LogP contribution in [0.25, 0.3) is 0 Å². The first kappa shape index (κ1) is 16.8. The Hall–Kier alpha value is -2.07. The largest absolute Gasteiger partial charge is 0.369 e. The Morgan fingerprint density at radius 1 is 1.21 bits per heavy atom. The fourth-order valence-electron chi connectivity index (χ4n) is 3.07. The Kier molecular flexibility index (Phi) is 5.70. The Morgan fingerprint density at radius 2 is 2.00 bits per heavy atom. The zero-order valence-electron chi connectivity index (χ0n) is 14.4. The van der Waals surface area contributed by atoms with E-state index in [1.807, 2.05) is 31.2 Å². The minimum Gasteiger partial charge on any atom is -0.369 e. The molecule has 1 amide bonds. The van der Waals surface area contributed by atoms with E-state index >= 15 is 0 Å². The van der Waals surface area contributed by atoms with Gasteiger partial charge in [0.1, 0.15) is 0 Å². The number of nitrogens with one attached hydrogen (secondary N) is 1. The number of piperazine rings is 1. The second-order valence-corrected chi connectivity index (χ2v) is 6.66. The second-order valence-electron chi connectivity index (χ2n) is 6.66. The van der Waals surface area contributed by atoms with Gasteiger partial charge in [-0.05, 0) is 43.9 Å². The quantitative estimate of drug-likeness (QED) is 0.644. The fraction of sp³-hybridized carbons (Fsp3) is 0.450. The van der Waals surface area contributed by atoms with E-state index in [4.69, 9.17) is 0 Å². The van der Waals surface area contributed by atoms with Crippen molar-refractivity contribution < 1.29 is 4.79 Å². The van der Waals surface area contributed by atoms with Crippen molar-refractivity contribution in [3.8, 4) is 0 Å². The topological polar surface area (TPSA) is 35.6 Å². The molecule has 1 saturated heterocycles. The molecule has 1 N–H and O–H groups in total. The molecular formula is C20H27N3O. The lowest BCUT2D eigenvalue weighted by Crippen LogP contribution is -2.47. The standard InChI is InChI=1S/C20H27N3O/c1-2-3-4-8-20(24)21-18-6-5-7-19(15-18)23-13-11-22(12-14-23)16-17-9-10-17/h2-8,15,17H,9-14,16H2,1H3,(H,21,24). The van der Waals surface area contributed by atoms with E-state index in [0.717, 1.165) is 37.8 Å². The molecule has 4 heteroatoms. The van der Waals surface area contributed by atoms with Crippen LogP contribution in [0, 0.1) is 5.92 Å². The number of hydrogen-bond donors (Lipinski definition) is 1. The van der Waals surface area contributed by atoms with E-state index in [1.54, 1.807) is 12.2 Å². The van der Waals surface area contributed by atoms with Crippen LogP contribution in [-0.4, -0.2) is 43.5 Å². The molecule has 1 saturated carbocycles. The number of rotatable bonds is 6. The van der Waals surface area contributed by atoms with Gasteiger partial charge in [-0.15, -0.1) is 0 Å². The van der Waals surface area contributed by atoms with Gasteiger partial charge in [0.15, 0.2) is 0 Å². The molecule has 1 aliphatic carbocycles. The third-order valence-electron chi connectivity index (χ3n) is 4.62. The smallest absolute Gasteiger partial charge is 0.248 e. The molecule has 0 spiro atoms. The normalized spacial score (nSPS) is 19.3. The highest BCUT2D eigenvalue weighted by molar-refractivity contribution is 5.99. The number of benzene rings is 1. The summed E-state index contributed by atoms with van der Waals surface area (Å²) in [5.74, 6) is 0.866. The van der Waals surface area contributed by atoms with Gasteiger partial charge in [-0.3, -0.25) is 9.69 Å². The Balaban J connectivity index is 1.54. The average molecular weight is 325 g/mol. The monoisotopic (exact) mass is 325 g/mol. The number of allylic oxidation sites excluding steroid dienone is 3. The lowest BCUT2D eigenvalue weighted by atomic mass is 10.2. The van der Waals surface area contributed by atoms with Gasteiger partial charge in [-0.2, -0.15) is 0 Å². The molecule has 2 aliphatic rings. The summed E-state index contributed by atoms with van der Waals surface area (Å²) in [5, 5.41) is 2.93. The van der Waals surface area contributed by atoms with Crippen LogP contribution in [0.4, 0.5) is 11.4 Å². The van der Waals surface area contributed by atoms with Crippen molar-refractivity contribution >= 4 is 17.3 Å². The first-order valence-electron chi connectivity index (χ1n) is 8.92. The minimum absolute atomic E-state index is 0.0977. The van der Waals surface area contributed by atoms with Crippen molar-refractivity contribution in [3.63, 3.8) is 0 Å². The molecule has 3 rings (SSSR count). The molecule has 1 aromatic rings. The summed E-state index contributed by atoms with van der Waals surface area (Å²) >= 11 is 0. The van der Waals surface area contributed by atoms with E-state index in [0.29, 0.717) is 0 Å². The lowest BCUT2D eigenvalue weighted by Gasteiger charge is -2.36. The van der Waals surface area contributed by atoms with E-state index in [1.165, 1.54) is 25.1 Å². The molecular weight excluding hydrogens is 298 g/mol. The molecule has 128 valence electrons. The first-order valence-corrected chi connectivity index (χ1v) is 8.92. The SMILES string of the molecule is CC=CC=CC(=O)Nc1cccc(N2CCN(CC3CC3)CC2)c1. The van der Waals surface area contributed by atoms with Crippen LogP contribution in [0.5, 0.6) is 0 Å². The van der Waals surface area contributed by atoms with E-state index in [2.05, 4.69) is 27.2 Å². The van der Waals surface area contributed by atoms with Crippen molar-refractivity contribution in [1.29, 1.82) is 0 Å². The highest BCUT2D eigenvalue weighted by Gasteiger charge is 2.26. The molecule has 24 heavy (non-hydrogen) atoms. The number of carbonyl (C=O) groups excluding carboxylic acids is 1. The number of carbonyl (C=O) groups is 1. The molecule has 1 aliphatic heterocycles. The van der Waals surface area contributed by atoms with Crippen molar-refractivity contribution in [1.82, 2.24) is 4.90 Å². The second kappa shape index (κ2) is 8.15. The highest BCUT2D eigenvalue weighted by Crippen LogP contribution is 2.30. The van der Waals surface area contributed by atoms with E-state index in [-0.39, 0.29) is 5.91 Å². The third-order valence-corrected chi connectivity index (χ3v) is 4.62. The van der Waals surface area contributed by atoms with Crippen molar-refractivity contribution in [2.75, 3.05) is 42.9 Å². The maximum Gasteiger partial charge on any atom is 0.248 e.